The predicted octanol–water partition coefficient (Wildman–Crippen LogP) is 4.56. The van der Waals surface area contributed by atoms with E-state index in [9.17, 15) is 4.79 Å². The molecule has 1 N–H and O–H groups in total. The van der Waals surface area contributed by atoms with E-state index in [4.69, 9.17) is 4.74 Å². The molecule has 0 aliphatic heterocycles. The highest BCUT2D eigenvalue weighted by Crippen LogP contribution is 2.25. The van der Waals surface area contributed by atoms with E-state index in [2.05, 4.69) is 10.3 Å². The number of anilines is 1. The third-order valence-corrected chi connectivity index (χ3v) is 4.42. The number of thiazole rings is 1. The number of fused-ring (bicyclic) bond motifs is 1. The maximum absolute atomic E-state index is 12.4. The third kappa shape index (κ3) is 3.35. The molecule has 0 aliphatic carbocycles. The molecular formula is C18H18N2O2S. The van der Waals surface area contributed by atoms with Gasteiger partial charge in [0.05, 0.1) is 21.8 Å². The van der Waals surface area contributed by atoms with Crippen LogP contribution >= 0.6 is 11.3 Å². The first-order chi connectivity index (χ1) is 11.1. The first-order valence-electron chi connectivity index (χ1n) is 7.49. The molecule has 0 spiro atoms. The fraction of sp³-hybridized carbons (Fsp3) is 0.222. The van der Waals surface area contributed by atoms with Crippen LogP contribution in [0.25, 0.3) is 10.2 Å². The van der Waals surface area contributed by atoms with Crippen LogP contribution in [0.5, 0.6) is 5.75 Å². The molecule has 2 aromatic carbocycles. The summed E-state index contributed by atoms with van der Waals surface area (Å²) in [5.74, 6) is 0.683. The second-order valence-corrected chi connectivity index (χ2v) is 6.52. The highest BCUT2D eigenvalue weighted by Gasteiger charge is 2.10. The van der Waals surface area contributed by atoms with Gasteiger partial charge in [0, 0.05) is 11.3 Å². The molecule has 0 radical (unpaired) electrons. The Morgan fingerprint density at radius 2 is 2.04 bits per heavy atom. The number of aryl methyl sites for hydroxylation is 2. The number of nitrogens with one attached hydrogen (secondary N) is 1. The quantitative estimate of drug-likeness (QED) is 0.764. The summed E-state index contributed by atoms with van der Waals surface area (Å²) in [6.45, 7) is 6.47. The van der Waals surface area contributed by atoms with Gasteiger partial charge in [0.1, 0.15) is 5.75 Å². The highest BCUT2D eigenvalue weighted by atomic mass is 32.1. The summed E-state index contributed by atoms with van der Waals surface area (Å²) in [6, 6.07) is 11.2. The van der Waals surface area contributed by atoms with E-state index in [1.807, 2.05) is 51.1 Å². The molecule has 4 nitrogen and oxygen atoms in total. The maximum Gasteiger partial charge on any atom is 0.255 e. The minimum atomic E-state index is -0.128. The summed E-state index contributed by atoms with van der Waals surface area (Å²) in [4.78, 5) is 16.8. The van der Waals surface area contributed by atoms with E-state index in [-0.39, 0.29) is 5.91 Å². The highest BCUT2D eigenvalue weighted by molar-refractivity contribution is 7.18. The standard InChI is InChI=1S/C18H18N2O2S/c1-4-22-16-8-5-13(9-11(16)2)18(21)20-14-6-7-15-17(10-14)23-12(3)19-15/h5-10H,4H2,1-3H3,(H,20,21). The number of ether oxygens (including phenoxy) is 1. The Labute approximate surface area is 139 Å². The van der Waals surface area contributed by atoms with Crippen molar-refractivity contribution in [1.29, 1.82) is 0 Å². The van der Waals surface area contributed by atoms with Gasteiger partial charge < -0.3 is 10.1 Å². The van der Waals surface area contributed by atoms with Crippen LogP contribution in [0.1, 0.15) is 27.9 Å². The lowest BCUT2D eigenvalue weighted by atomic mass is 10.1. The van der Waals surface area contributed by atoms with Gasteiger partial charge in [-0.15, -0.1) is 11.3 Å². The number of rotatable bonds is 4. The van der Waals surface area contributed by atoms with Crippen molar-refractivity contribution >= 4 is 33.1 Å². The molecule has 1 heterocycles. The van der Waals surface area contributed by atoms with E-state index >= 15 is 0 Å². The van der Waals surface area contributed by atoms with E-state index in [0.29, 0.717) is 12.2 Å². The minimum absolute atomic E-state index is 0.128. The number of carbonyl (C=O) groups excluding carboxylic acids is 1. The Kier molecular flexibility index (Phi) is 4.30. The summed E-state index contributed by atoms with van der Waals surface area (Å²) >= 11 is 1.62. The molecule has 0 unspecified atom stereocenters. The summed E-state index contributed by atoms with van der Waals surface area (Å²) in [7, 11) is 0. The predicted molar refractivity (Wildman–Crippen MR) is 94.7 cm³/mol. The average molecular weight is 326 g/mol. The SMILES string of the molecule is CCOc1ccc(C(=O)Nc2ccc3nc(C)sc3c2)cc1C. The van der Waals surface area contributed by atoms with Crippen molar-refractivity contribution in [3.05, 3.63) is 52.5 Å². The Balaban J connectivity index is 1.80. The molecule has 3 aromatic rings. The molecule has 0 saturated heterocycles. The lowest BCUT2D eigenvalue weighted by Gasteiger charge is -2.09. The number of amides is 1. The fourth-order valence-electron chi connectivity index (χ4n) is 2.43. The molecule has 1 amide bonds. The first-order valence-corrected chi connectivity index (χ1v) is 8.30. The van der Waals surface area contributed by atoms with Crippen molar-refractivity contribution in [1.82, 2.24) is 4.98 Å². The molecule has 0 saturated carbocycles. The van der Waals surface area contributed by atoms with Crippen molar-refractivity contribution in [2.45, 2.75) is 20.8 Å². The van der Waals surface area contributed by atoms with Crippen molar-refractivity contribution in [2.24, 2.45) is 0 Å². The second kappa shape index (κ2) is 6.38. The molecular weight excluding hydrogens is 308 g/mol. The average Bonchev–Trinajstić information content (AvgIpc) is 2.88. The van der Waals surface area contributed by atoms with Crippen molar-refractivity contribution in [3.8, 4) is 5.75 Å². The lowest BCUT2D eigenvalue weighted by Crippen LogP contribution is -2.12. The zero-order valence-electron chi connectivity index (χ0n) is 13.3. The van der Waals surface area contributed by atoms with Crippen LogP contribution in [0, 0.1) is 13.8 Å². The number of carbonyl (C=O) groups is 1. The Hall–Kier alpha value is -2.40. The van der Waals surface area contributed by atoms with Crippen LogP contribution in [0.15, 0.2) is 36.4 Å². The molecule has 0 bridgehead atoms. The Morgan fingerprint density at radius 1 is 1.22 bits per heavy atom. The molecule has 5 heteroatoms. The number of aromatic nitrogens is 1. The van der Waals surface area contributed by atoms with Gasteiger partial charge in [0.25, 0.3) is 5.91 Å². The van der Waals surface area contributed by atoms with Crippen LogP contribution in [-0.4, -0.2) is 17.5 Å². The van der Waals surface area contributed by atoms with Gasteiger partial charge >= 0.3 is 0 Å². The molecule has 0 aliphatic rings. The molecule has 0 atom stereocenters. The first kappa shape index (κ1) is 15.5. The van der Waals surface area contributed by atoms with E-state index in [1.54, 1.807) is 17.4 Å². The summed E-state index contributed by atoms with van der Waals surface area (Å²) in [5, 5.41) is 3.96. The zero-order valence-corrected chi connectivity index (χ0v) is 14.2. The zero-order chi connectivity index (χ0) is 16.4. The van der Waals surface area contributed by atoms with Crippen LogP contribution in [-0.2, 0) is 0 Å². The van der Waals surface area contributed by atoms with Gasteiger partial charge in [0.15, 0.2) is 0 Å². The van der Waals surface area contributed by atoms with Gasteiger partial charge in [-0.05, 0) is 62.7 Å². The summed E-state index contributed by atoms with van der Waals surface area (Å²) in [6.07, 6.45) is 0. The monoisotopic (exact) mass is 326 g/mol. The van der Waals surface area contributed by atoms with Gasteiger partial charge in [-0.3, -0.25) is 4.79 Å². The van der Waals surface area contributed by atoms with Gasteiger partial charge in [-0.25, -0.2) is 4.98 Å². The van der Waals surface area contributed by atoms with Crippen molar-refractivity contribution < 1.29 is 9.53 Å². The molecule has 0 fully saturated rings. The third-order valence-electron chi connectivity index (χ3n) is 3.49. The molecule has 3 rings (SSSR count). The smallest absolute Gasteiger partial charge is 0.255 e. The Bertz CT molecular complexity index is 871. The van der Waals surface area contributed by atoms with Gasteiger partial charge in [-0.1, -0.05) is 0 Å². The molecule has 1 aromatic heterocycles. The number of benzene rings is 2. The van der Waals surface area contributed by atoms with E-state index in [1.165, 1.54) is 0 Å². The largest absolute Gasteiger partial charge is 0.494 e. The topological polar surface area (TPSA) is 51.2 Å². The van der Waals surface area contributed by atoms with E-state index in [0.717, 1.165) is 32.2 Å². The van der Waals surface area contributed by atoms with Crippen LogP contribution < -0.4 is 10.1 Å². The van der Waals surface area contributed by atoms with Crippen LogP contribution in [0.3, 0.4) is 0 Å². The number of hydrogen-bond donors (Lipinski definition) is 1. The van der Waals surface area contributed by atoms with Gasteiger partial charge in [-0.2, -0.15) is 0 Å². The Morgan fingerprint density at radius 3 is 2.78 bits per heavy atom. The van der Waals surface area contributed by atoms with Crippen LogP contribution in [0.2, 0.25) is 0 Å². The molecule has 118 valence electrons. The maximum atomic E-state index is 12.4. The van der Waals surface area contributed by atoms with Crippen molar-refractivity contribution in [2.75, 3.05) is 11.9 Å². The van der Waals surface area contributed by atoms with Crippen molar-refractivity contribution in [3.63, 3.8) is 0 Å². The summed E-state index contributed by atoms with van der Waals surface area (Å²) < 4.78 is 6.58. The second-order valence-electron chi connectivity index (χ2n) is 5.28. The minimum Gasteiger partial charge on any atom is -0.494 e. The van der Waals surface area contributed by atoms with Crippen LogP contribution in [0.4, 0.5) is 5.69 Å². The van der Waals surface area contributed by atoms with Gasteiger partial charge in [0.2, 0.25) is 0 Å². The summed E-state index contributed by atoms with van der Waals surface area (Å²) in [5.41, 5.74) is 3.31. The van der Waals surface area contributed by atoms with E-state index < -0.39 is 0 Å². The lowest BCUT2D eigenvalue weighted by molar-refractivity contribution is 0.102. The normalized spacial score (nSPS) is 10.7. The number of hydrogen-bond acceptors (Lipinski definition) is 4. The molecule has 23 heavy (non-hydrogen) atoms. The number of nitrogens with zero attached hydrogens (tertiary/aromatic N) is 1. The fourth-order valence-corrected chi connectivity index (χ4v) is 3.30.